The molecular weight excluding hydrogens is 450 g/mol. The van der Waals surface area contributed by atoms with Crippen molar-refractivity contribution in [1.82, 2.24) is 4.31 Å². The van der Waals surface area contributed by atoms with Gasteiger partial charge >= 0.3 is 0 Å². The molecule has 3 aromatic rings. The summed E-state index contributed by atoms with van der Waals surface area (Å²) in [5.74, 6) is 0.285. The third-order valence-corrected chi connectivity index (χ3v) is 7.91. The van der Waals surface area contributed by atoms with E-state index in [1.54, 1.807) is 16.8 Å². The lowest BCUT2D eigenvalue weighted by molar-refractivity contribution is -0.116. The van der Waals surface area contributed by atoms with Crippen LogP contribution < -0.4 is 10.2 Å². The number of nitrogens with one attached hydrogen (secondary N) is 1. The second-order valence-electron chi connectivity index (χ2n) is 8.14. The maximum atomic E-state index is 13.0. The number of fused-ring (bicyclic) bond motifs is 1. The molecule has 0 saturated carbocycles. The predicted molar refractivity (Wildman–Crippen MR) is 136 cm³/mol. The Kier molecular flexibility index (Phi) is 6.71. The number of carbonyl (C=O) groups excluding carboxylic acids is 2. The average molecular weight is 476 g/mol. The van der Waals surface area contributed by atoms with Gasteiger partial charge in [-0.3, -0.25) is 9.59 Å². The Morgan fingerprint density at radius 2 is 1.73 bits per heavy atom. The fourth-order valence-electron chi connectivity index (χ4n) is 4.01. The van der Waals surface area contributed by atoms with Crippen LogP contribution >= 0.6 is 23.7 Å². The van der Waals surface area contributed by atoms with E-state index in [1.165, 1.54) is 29.5 Å². The first-order valence-corrected chi connectivity index (χ1v) is 12.9. The van der Waals surface area contributed by atoms with Gasteiger partial charge in [-0.2, -0.15) is 0 Å². The van der Waals surface area contributed by atoms with Gasteiger partial charge in [0.1, 0.15) is 0 Å². The molecule has 2 aliphatic heterocycles. The van der Waals surface area contributed by atoms with E-state index in [0.29, 0.717) is 17.9 Å². The van der Waals surface area contributed by atoms with Crippen LogP contribution in [0.15, 0.2) is 82.6 Å². The van der Waals surface area contributed by atoms with Crippen LogP contribution in [0.25, 0.3) is 0 Å². The minimum Gasteiger partial charge on any atom is -0.322 e. The molecule has 0 aromatic heterocycles. The van der Waals surface area contributed by atoms with E-state index in [9.17, 15) is 9.59 Å². The lowest BCUT2D eigenvalue weighted by Gasteiger charge is -2.29. The molecule has 33 heavy (non-hydrogen) atoms. The maximum Gasteiger partial charge on any atom is 0.255 e. The minimum atomic E-state index is -0.180. The van der Waals surface area contributed by atoms with Gasteiger partial charge < -0.3 is 10.2 Å². The van der Waals surface area contributed by atoms with Crippen molar-refractivity contribution in [3.05, 3.63) is 83.9 Å². The number of nitrogens with zero attached hydrogens (tertiary/aromatic N) is 2. The highest BCUT2D eigenvalue weighted by Gasteiger charge is 2.26. The molecule has 5 rings (SSSR count). The highest BCUT2D eigenvalue weighted by molar-refractivity contribution is 8.00. The van der Waals surface area contributed by atoms with Gasteiger partial charge in [0, 0.05) is 34.1 Å². The molecule has 0 bridgehead atoms. The first kappa shape index (κ1) is 22.1. The lowest BCUT2D eigenvalue weighted by Crippen LogP contribution is -2.35. The third-order valence-electron chi connectivity index (χ3n) is 5.76. The molecule has 0 spiro atoms. The number of amides is 2. The smallest absolute Gasteiger partial charge is 0.255 e. The largest absolute Gasteiger partial charge is 0.322 e. The standard InChI is InChI=1S/C26H25N3O2S2/c30-25-18-32-24-13-8-20(16-23(24)29(25)17-19-6-2-1-3-7-19)26(31)27-21-9-11-22(12-10-21)33-28-14-4-5-15-28/h1-3,6-13,16H,4-5,14-15,17-18H2,(H,27,31). The summed E-state index contributed by atoms with van der Waals surface area (Å²) in [7, 11) is 0. The van der Waals surface area contributed by atoms with Gasteiger partial charge in [0.05, 0.1) is 18.0 Å². The summed E-state index contributed by atoms with van der Waals surface area (Å²) >= 11 is 3.29. The molecule has 2 heterocycles. The first-order chi connectivity index (χ1) is 16.2. The van der Waals surface area contributed by atoms with Crippen molar-refractivity contribution >= 4 is 46.9 Å². The van der Waals surface area contributed by atoms with Gasteiger partial charge in [0.25, 0.3) is 5.91 Å². The summed E-state index contributed by atoms with van der Waals surface area (Å²) in [5.41, 5.74) is 3.16. The van der Waals surface area contributed by atoms with E-state index in [2.05, 4.69) is 9.62 Å². The molecule has 0 unspecified atom stereocenters. The van der Waals surface area contributed by atoms with Crippen molar-refractivity contribution in [3.63, 3.8) is 0 Å². The summed E-state index contributed by atoms with van der Waals surface area (Å²) in [4.78, 5) is 29.6. The van der Waals surface area contributed by atoms with E-state index < -0.39 is 0 Å². The normalized spacial score (nSPS) is 16.0. The van der Waals surface area contributed by atoms with Crippen LogP contribution in [0.3, 0.4) is 0 Å². The Hall–Kier alpha value is -2.74. The summed E-state index contributed by atoms with van der Waals surface area (Å²) in [5, 5.41) is 2.99. The van der Waals surface area contributed by atoms with Crippen LogP contribution in [-0.4, -0.2) is 35.0 Å². The zero-order chi connectivity index (χ0) is 22.6. The van der Waals surface area contributed by atoms with Gasteiger partial charge in [-0.15, -0.1) is 11.8 Å². The van der Waals surface area contributed by atoms with Gasteiger partial charge in [0.2, 0.25) is 5.91 Å². The number of rotatable bonds is 6. The molecule has 7 heteroatoms. The fraction of sp³-hybridized carbons (Fsp3) is 0.231. The van der Waals surface area contributed by atoms with Gasteiger partial charge in [-0.1, -0.05) is 30.3 Å². The highest BCUT2D eigenvalue weighted by atomic mass is 32.2. The van der Waals surface area contributed by atoms with E-state index in [0.717, 1.165) is 34.9 Å². The molecule has 1 N–H and O–H groups in total. The summed E-state index contributed by atoms with van der Waals surface area (Å²) in [6, 6.07) is 23.5. The van der Waals surface area contributed by atoms with Gasteiger partial charge in [-0.05, 0) is 72.8 Å². The molecular formula is C26H25N3O2S2. The predicted octanol–water partition coefficient (Wildman–Crippen LogP) is 5.68. The summed E-state index contributed by atoms with van der Waals surface area (Å²) in [6.45, 7) is 2.75. The molecule has 1 fully saturated rings. The molecule has 2 amide bonds. The van der Waals surface area contributed by atoms with Crippen LogP contribution in [0.5, 0.6) is 0 Å². The number of carbonyl (C=O) groups is 2. The van der Waals surface area contributed by atoms with E-state index >= 15 is 0 Å². The number of hydrogen-bond donors (Lipinski definition) is 1. The summed E-state index contributed by atoms with van der Waals surface area (Å²) in [6.07, 6.45) is 2.52. The van der Waals surface area contributed by atoms with E-state index in [1.807, 2.05) is 72.8 Å². The fourth-order valence-corrected chi connectivity index (χ4v) is 5.93. The van der Waals surface area contributed by atoms with Crippen molar-refractivity contribution in [1.29, 1.82) is 0 Å². The Morgan fingerprint density at radius 3 is 2.48 bits per heavy atom. The minimum absolute atomic E-state index is 0.0556. The first-order valence-electron chi connectivity index (χ1n) is 11.1. The number of thioether (sulfide) groups is 1. The monoisotopic (exact) mass is 475 g/mol. The van der Waals surface area contributed by atoms with Crippen molar-refractivity contribution in [2.24, 2.45) is 0 Å². The van der Waals surface area contributed by atoms with Crippen LogP contribution in [0, 0.1) is 0 Å². The quantitative estimate of drug-likeness (QED) is 0.465. The number of anilines is 2. The average Bonchev–Trinajstić information content (AvgIpc) is 3.35. The molecule has 0 atom stereocenters. The molecule has 1 saturated heterocycles. The number of hydrogen-bond acceptors (Lipinski definition) is 5. The van der Waals surface area contributed by atoms with Crippen molar-refractivity contribution in [3.8, 4) is 0 Å². The Bertz CT molecular complexity index is 1150. The topological polar surface area (TPSA) is 52.7 Å². The van der Waals surface area contributed by atoms with E-state index in [-0.39, 0.29) is 11.8 Å². The molecule has 168 valence electrons. The second-order valence-corrected chi connectivity index (χ2v) is 10.3. The maximum absolute atomic E-state index is 13.0. The molecule has 0 radical (unpaired) electrons. The lowest BCUT2D eigenvalue weighted by atomic mass is 10.1. The molecule has 2 aliphatic rings. The van der Waals surface area contributed by atoms with Crippen molar-refractivity contribution in [2.45, 2.75) is 29.2 Å². The van der Waals surface area contributed by atoms with E-state index in [4.69, 9.17) is 0 Å². The third kappa shape index (κ3) is 5.27. The van der Waals surface area contributed by atoms with Crippen LogP contribution in [-0.2, 0) is 11.3 Å². The van der Waals surface area contributed by atoms with Crippen LogP contribution in [0.4, 0.5) is 11.4 Å². The summed E-state index contributed by atoms with van der Waals surface area (Å²) < 4.78 is 2.38. The van der Waals surface area contributed by atoms with Gasteiger partial charge in [-0.25, -0.2) is 4.31 Å². The second kappa shape index (κ2) is 10.0. The zero-order valence-corrected chi connectivity index (χ0v) is 19.8. The Balaban J connectivity index is 1.30. The van der Waals surface area contributed by atoms with Crippen molar-refractivity contribution < 1.29 is 9.59 Å². The van der Waals surface area contributed by atoms with Crippen LogP contribution in [0.2, 0.25) is 0 Å². The highest BCUT2D eigenvalue weighted by Crippen LogP contribution is 2.37. The molecule has 5 nitrogen and oxygen atoms in total. The number of benzene rings is 3. The zero-order valence-electron chi connectivity index (χ0n) is 18.2. The Morgan fingerprint density at radius 1 is 0.970 bits per heavy atom. The van der Waals surface area contributed by atoms with Crippen molar-refractivity contribution in [2.75, 3.05) is 29.1 Å². The van der Waals surface area contributed by atoms with Gasteiger partial charge in [0.15, 0.2) is 0 Å². The van der Waals surface area contributed by atoms with Crippen LogP contribution in [0.1, 0.15) is 28.8 Å². The molecule has 3 aromatic carbocycles. The SMILES string of the molecule is O=C(Nc1ccc(SN2CCCC2)cc1)c1ccc2c(c1)N(Cc1ccccc1)C(=O)CS2. The molecule has 0 aliphatic carbocycles. The Labute approximate surface area is 202 Å².